The third-order valence-corrected chi connectivity index (χ3v) is 3.92. The van der Waals surface area contributed by atoms with Crippen LogP contribution in [-0.4, -0.2) is 28.9 Å². The van der Waals surface area contributed by atoms with Crippen molar-refractivity contribution in [2.24, 2.45) is 5.73 Å². The molecule has 2 bridgehead atoms. The summed E-state index contributed by atoms with van der Waals surface area (Å²) >= 11 is 0. The molecule has 1 aromatic rings. The molecule has 94 valence electrons. The van der Waals surface area contributed by atoms with Crippen molar-refractivity contribution in [1.29, 1.82) is 0 Å². The first kappa shape index (κ1) is 11.2. The van der Waals surface area contributed by atoms with Gasteiger partial charge in [-0.3, -0.25) is 0 Å². The normalized spacial score (nSPS) is 33.2. The molecular weight excluding hydrogens is 218 g/mol. The van der Waals surface area contributed by atoms with E-state index in [4.69, 9.17) is 15.0 Å². The van der Waals surface area contributed by atoms with Gasteiger partial charge in [-0.15, -0.1) is 0 Å². The zero-order valence-corrected chi connectivity index (χ0v) is 10.1. The highest BCUT2D eigenvalue weighted by atomic mass is 16.5. The van der Waals surface area contributed by atoms with Gasteiger partial charge in [0, 0.05) is 5.92 Å². The van der Waals surface area contributed by atoms with Crippen molar-refractivity contribution >= 4 is 0 Å². The van der Waals surface area contributed by atoms with Crippen LogP contribution in [0.15, 0.2) is 4.52 Å². The van der Waals surface area contributed by atoms with Gasteiger partial charge in [-0.25, -0.2) is 0 Å². The first-order chi connectivity index (χ1) is 8.28. The predicted octanol–water partition coefficient (Wildman–Crippen LogP) is 1.56. The topological polar surface area (TPSA) is 74.2 Å². The maximum absolute atomic E-state index is 5.81. The van der Waals surface area contributed by atoms with Gasteiger partial charge in [-0.2, -0.15) is 4.98 Å². The summed E-state index contributed by atoms with van der Waals surface area (Å²) in [6, 6.07) is 0. The molecule has 3 rings (SSSR count). The first-order valence-electron chi connectivity index (χ1n) is 6.47. The number of fused-ring (bicyclic) bond motifs is 2. The molecule has 2 N–H and O–H groups in total. The maximum Gasteiger partial charge on any atom is 0.229 e. The summed E-state index contributed by atoms with van der Waals surface area (Å²) < 4.78 is 11.1. The number of nitrogens with two attached hydrogens (primary N) is 1. The number of hydrogen-bond donors (Lipinski definition) is 1. The minimum absolute atomic E-state index is 0.251. The molecule has 0 saturated carbocycles. The maximum atomic E-state index is 5.81. The van der Waals surface area contributed by atoms with E-state index in [9.17, 15) is 0 Å². The highest BCUT2D eigenvalue weighted by molar-refractivity contribution is 5.07. The smallest absolute Gasteiger partial charge is 0.229 e. The van der Waals surface area contributed by atoms with Gasteiger partial charge in [0.1, 0.15) is 0 Å². The number of rotatable bonds is 4. The Hall–Kier alpha value is -0.940. The van der Waals surface area contributed by atoms with E-state index < -0.39 is 0 Å². The van der Waals surface area contributed by atoms with Crippen LogP contribution < -0.4 is 5.73 Å². The third-order valence-electron chi connectivity index (χ3n) is 3.92. The Kier molecular flexibility index (Phi) is 2.88. The number of hydrogen-bond acceptors (Lipinski definition) is 5. The summed E-state index contributed by atoms with van der Waals surface area (Å²) in [5, 5.41) is 4.11. The average molecular weight is 237 g/mol. The van der Waals surface area contributed by atoms with Crippen molar-refractivity contribution in [1.82, 2.24) is 10.1 Å². The van der Waals surface area contributed by atoms with Gasteiger partial charge < -0.3 is 15.0 Å². The molecule has 3 heterocycles. The second kappa shape index (κ2) is 4.38. The van der Waals surface area contributed by atoms with Crippen molar-refractivity contribution in [2.45, 2.75) is 56.7 Å². The minimum atomic E-state index is 0.251. The Morgan fingerprint density at radius 2 is 2.35 bits per heavy atom. The van der Waals surface area contributed by atoms with Crippen LogP contribution in [0, 0.1) is 0 Å². The molecule has 0 radical (unpaired) electrons. The molecule has 0 aliphatic carbocycles. The monoisotopic (exact) mass is 237 g/mol. The summed E-state index contributed by atoms with van der Waals surface area (Å²) in [4.78, 5) is 4.52. The van der Waals surface area contributed by atoms with Crippen LogP contribution in [0.25, 0.3) is 0 Å². The van der Waals surface area contributed by atoms with E-state index in [-0.39, 0.29) is 5.92 Å². The molecule has 4 atom stereocenters. The molecule has 5 nitrogen and oxygen atoms in total. The lowest BCUT2D eigenvalue weighted by molar-refractivity contribution is 0.0996. The largest absolute Gasteiger partial charge is 0.374 e. The van der Waals surface area contributed by atoms with Gasteiger partial charge in [-0.1, -0.05) is 12.1 Å². The average Bonchev–Trinajstić information content (AvgIpc) is 3.05. The van der Waals surface area contributed by atoms with E-state index in [0.29, 0.717) is 30.6 Å². The zero-order valence-electron chi connectivity index (χ0n) is 10.1. The van der Waals surface area contributed by atoms with Crippen LogP contribution in [0.3, 0.4) is 0 Å². The Bertz CT molecular complexity index is 393. The van der Waals surface area contributed by atoms with Crippen molar-refractivity contribution < 1.29 is 9.26 Å². The minimum Gasteiger partial charge on any atom is -0.374 e. The second-order valence-corrected chi connectivity index (χ2v) is 5.19. The molecule has 0 spiro atoms. The second-order valence-electron chi connectivity index (χ2n) is 5.19. The van der Waals surface area contributed by atoms with Gasteiger partial charge in [0.2, 0.25) is 5.89 Å². The van der Waals surface area contributed by atoms with E-state index in [0.717, 1.165) is 25.1 Å². The lowest BCUT2D eigenvalue weighted by atomic mass is 9.89. The summed E-state index contributed by atoms with van der Waals surface area (Å²) in [6.07, 6.45) is 5.00. The summed E-state index contributed by atoms with van der Waals surface area (Å²) in [5.41, 5.74) is 5.54. The van der Waals surface area contributed by atoms with Crippen LogP contribution in [0.4, 0.5) is 0 Å². The van der Waals surface area contributed by atoms with Crippen molar-refractivity contribution in [3.8, 4) is 0 Å². The van der Waals surface area contributed by atoms with Crippen molar-refractivity contribution in [2.75, 3.05) is 6.54 Å². The lowest BCUT2D eigenvalue weighted by Crippen LogP contribution is -2.15. The molecular formula is C12H19N3O2. The lowest BCUT2D eigenvalue weighted by Gasteiger charge is -2.13. The first-order valence-corrected chi connectivity index (χ1v) is 6.47. The molecule has 2 aliphatic heterocycles. The third kappa shape index (κ3) is 1.98. The summed E-state index contributed by atoms with van der Waals surface area (Å²) in [7, 11) is 0. The van der Waals surface area contributed by atoms with Crippen LogP contribution in [0.2, 0.25) is 0 Å². The van der Waals surface area contributed by atoms with Gasteiger partial charge >= 0.3 is 0 Å². The van der Waals surface area contributed by atoms with Crippen LogP contribution in [0.5, 0.6) is 0 Å². The quantitative estimate of drug-likeness (QED) is 0.860. The van der Waals surface area contributed by atoms with E-state index >= 15 is 0 Å². The Balaban J connectivity index is 1.72. The molecule has 1 aromatic heterocycles. The van der Waals surface area contributed by atoms with E-state index in [2.05, 4.69) is 17.1 Å². The molecule has 5 heteroatoms. The molecule has 0 aromatic carbocycles. The van der Waals surface area contributed by atoms with Crippen molar-refractivity contribution in [3.63, 3.8) is 0 Å². The number of aromatic nitrogens is 2. The Labute approximate surface area is 101 Å². The Morgan fingerprint density at radius 3 is 3.00 bits per heavy atom. The van der Waals surface area contributed by atoms with Gasteiger partial charge in [0.25, 0.3) is 0 Å². The predicted molar refractivity (Wildman–Crippen MR) is 61.6 cm³/mol. The standard InChI is InChI=1S/C12H19N3O2/c1-7(4-5-13)12-14-11(15-17-12)9-6-8-2-3-10(9)16-8/h7-10H,2-6,13H2,1H3. The number of ether oxygens (including phenoxy) is 1. The highest BCUT2D eigenvalue weighted by Gasteiger charge is 2.43. The molecule has 2 aliphatic rings. The van der Waals surface area contributed by atoms with Crippen molar-refractivity contribution in [3.05, 3.63) is 11.7 Å². The summed E-state index contributed by atoms with van der Waals surface area (Å²) in [6.45, 7) is 2.72. The van der Waals surface area contributed by atoms with E-state index in [1.165, 1.54) is 6.42 Å². The van der Waals surface area contributed by atoms with Crippen LogP contribution in [0.1, 0.15) is 56.2 Å². The molecule has 17 heavy (non-hydrogen) atoms. The highest BCUT2D eigenvalue weighted by Crippen LogP contribution is 2.43. The van der Waals surface area contributed by atoms with Gasteiger partial charge in [-0.05, 0) is 32.2 Å². The molecule has 0 amide bonds. The fourth-order valence-corrected chi connectivity index (χ4v) is 2.88. The van der Waals surface area contributed by atoms with E-state index in [1.54, 1.807) is 0 Å². The fraction of sp³-hybridized carbons (Fsp3) is 0.833. The molecule has 2 saturated heterocycles. The fourth-order valence-electron chi connectivity index (χ4n) is 2.88. The summed E-state index contributed by atoms with van der Waals surface area (Å²) in [5.74, 6) is 2.14. The van der Waals surface area contributed by atoms with Crippen LogP contribution in [-0.2, 0) is 4.74 Å². The molecule has 2 fully saturated rings. The molecule has 4 unspecified atom stereocenters. The Morgan fingerprint density at radius 1 is 1.47 bits per heavy atom. The van der Waals surface area contributed by atoms with Gasteiger partial charge in [0.05, 0.1) is 18.1 Å². The SMILES string of the molecule is CC(CCN)c1nc(C2CC3CCC2O3)no1. The zero-order chi connectivity index (χ0) is 11.8. The van der Waals surface area contributed by atoms with Gasteiger partial charge in [0.15, 0.2) is 5.82 Å². The van der Waals surface area contributed by atoms with E-state index in [1.807, 2.05) is 0 Å². The number of nitrogens with zero attached hydrogens (tertiary/aromatic N) is 2. The van der Waals surface area contributed by atoms with Crippen LogP contribution >= 0.6 is 0 Å².